The van der Waals surface area contributed by atoms with Gasteiger partial charge in [-0.15, -0.1) is 0 Å². The minimum atomic E-state index is -0.616. The number of hydrogen-bond donors (Lipinski definition) is 1. The van der Waals surface area contributed by atoms with Gasteiger partial charge in [0.2, 0.25) is 0 Å². The third kappa shape index (κ3) is 3.24. The van der Waals surface area contributed by atoms with Crippen LogP contribution in [0.3, 0.4) is 0 Å². The van der Waals surface area contributed by atoms with Gasteiger partial charge in [-0.1, -0.05) is 0 Å². The van der Waals surface area contributed by atoms with Gasteiger partial charge in [-0.2, -0.15) is 0 Å². The Hall–Kier alpha value is -1.53. The van der Waals surface area contributed by atoms with E-state index in [4.69, 9.17) is 5.73 Å². The zero-order valence-corrected chi connectivity index (χ0v) is 10.3. The van der Waals surface area contributed by atoms with E-state index >= 15 is 0 Å². The Morgan fingerprint density at radius 2 is 1.89 bits per heavy atom. The van der Waals surface area contributed by atoms with Crippen molar-refractivity contribution in [2.75, 3.05) is 6.54 Å². The maximum Gasteiger partial charge on any atom is 0.192 e. The summed E-state index contributed by atoms with van der Waals surface area (Å²) < 4.78 is 26.1. The topological polar surface area (TPSA) is 51.8 Å². The highest BCUT2D eigenvalue weighted by atomic mass is 32.2. The molecule has 1 aromatic heterocycles. The van der Waals surface area contributed by atoms with Crippen LogP contribution in [0.1, 0.15) is 5.56 Å². The number of nitrogens with zero attached hydrogens (tertiary/aromatic N) is 2. The predicted molar refractivity (Wildman–Crippen MR) is 65.3 cm³/mol. The molecule has 2 N–H and O–H groups in total. The number of halogens is 2. The smallest absolute Gasteiger partial charge is 0.192 e. The summed E-state index contributed by atoms with van der Waals surface area (Å²) in [5.74, 6) is -1.22. The van der Waals surface area contributed by atoms with E-state index in [9.17, 15) is 8.78 Å². The Morgan fingerprint density at radius 1 is 1.17 bits per heavy atom. The Balaban J connectivity index is 2.13. The molecule has 2 aromatic rings. The van der Waals surface area contributed by atoms with Gasteiger partial charge in [0, 0.05) is 18.5 Å². The van der Waals surface area contributed by atoms with E-state index in [1.54, 1.807) is 12.4 Å². The Kier molecular flexibility index (Phi) is 4.22. The molecule has 0 saturated carbocycles. The van der Waals surface area contributed by atoms with Crippen molar-refractivity contribution in [1.82, 2.24) is 9.97 Å². The monoisotopic (exact) mass is 267 g/mol. The maximum atomic E-state index is 13.4. The summed E-state index contributed by atoms with van der Waals surface area (Å²) in [5, 5.41) is 0.418. The third-order valence-electron chi connectivity index (χ3n) is 2.21. The van der Waals surface area contributed by atoms with Crippen molar-refractivity contribution in [1.29, 1.82) is 0 Å². The molecule has 1 aromatic carbocycles. The van der Waals surface area contributed by atoms with Crippen LogP contribution in [0.25, 0.3) is 0 Å². The molecule has 0 aliphatic carbocycles. The molecule has 0 fully saturated rings. The molecule has 3 nitrogen and oxygen atoms in total. The van der Waals surface area contributed by atoms with Crippen molar-refractivity contribution in [3.8, 4) is 0 Å². The van der Waals surface area contributed by atoms with Gasteiger partial charge in [0.15, 0.2) is 5.16 Å². The van der Waals surface area contributed by atoms with E-state index in [-0.39, 0.29) is 0 Å². The van der Waals surface area contributed by atoms with Gasteiger partial charge in [-0.05, 0) is 42.4 Å². The minimum Gasteiger partial charge on any atom is -0.330 e. The molecule has 0 saturated heterocycles. The standard InChI is InChI=1S/C12H11F2N3S/c13-9-1-2-11(10(14)5-9)18-12-16-6-8(3-4-15)7-17-12/h1-2,5-7H,3-4,15H2. The molecule has 0 spiro atoms. The van der Waals surface area contributed by atoms with Crippen molar-refractivity contribution < 1.29 is 8.78 Å². The molecule has 1 heterocycles. The third-order valence-corrected chi connectivity index (χ3v) is 3.15. The molecule has 0 unspecified atom stereocenters. The first-order valence-corrected chi connectivity index (χ1v) is 6.14. The second-order valence-corrected chi connectivity index (χ2v) is 4.60. The SMILES string of the molecule is NCCc1cnc(Sc2ccc(F)cc2F)nc1. The van der Waals surface area contributed by atoms with Crippen LogP contribution in [0.15, 0.2) is 40.6 Å². The molecule has 6 heteroatoms. The van der Waals surface area contributed by atoms with Crippen molar-refractivity contribution in [2.24, 2.45) is 5.73 Å². The summed E-state index contributed by atoms with van der Waals surface area (Å²) in [6, 6.07) is 3.41. The molecule has 0 radical (unpaired) electrons. The van der Waals surface area contributed by atoms with Gasteiger partial charge >= 0.3 is 0 Å². The van der Waals surface area contributed by atoms with Crippen LogP contribution in [0, 0.1) is 11.6 Å². The molecular weight excluding hydrogens is 256 g/mol. The number of hydrogen-bond acceptors (Lipinski definition) is 4. The Labute approximate surface area is 107 Å². The van der Waals surface area contributed by atoms with Gasteiger partial charge in [0.1, 0.15) is 11.6 Å². The van der Waals surface area contributed by atoms with Gasteiger partial charge in [0.25, 0.3) is 0 Å². The van der Waals surface area contributed by atoms with E-state index in [1.807, 2.05) is 0 Å². The van der Waals surface area contributed by atoms with Gasteiger partial charge in [0.05, 0.1) is 4.90 Å². The highest BCUT2D eigenvalue weighted by Crippen LogP contribution is 2.27. The largest absolute Gasteiger partial charge is 0.330 e. The lowest BCUT2D eigenvalue weighted by molar-refractivity contribution is 0.565. The number of nitrogens with two attached hydrogens (primary N) is 1. The number of aromatic nitrogens is 2. The Bertz CT molecular complexity index is 531. The normalized spacial score (nSPS) is 10.6. The molecular formula is C12H11F2N3S. The van der Waals surface area contributed by atoms with Gasteiger partial charge in [-0.25, -0.2) is 18.7 Å². The fourth-order valence-electron chi connectivity index (χ4n) is 1.35. The average molecular weight is 267 g/mol. The first-order valence-electron chi connectivity index (χ1n) is 5.33. The molecule has 94 valence electrons. The van der Waals surface area contributed by atoms with Crippen LogP contribution in [-0.4, -0.2) is 16.5 Å². The molecule has 0 atom stereocenters. The van der Waals surface area contributed by atoms with Crippen molar-refractivity contribution in [3.63, 3.8) is 0 Å². The van der Waals surface area contributed by atoms with Gasteiger partial charge < -0.3 is 5.73 Å². The quantitative estimate of drug-likeness (QED) is 0.864. The van der Waals surface area contributed by atoms with E-state index in [1.165, 1.54) is 12.1 Å². The van der Waals surface area contributed by atoms with E-state index in [2.05, 4.69) is 9.97 Å². The highest BCUT2D eigenvalue weighted by Gasteiger charge is 2.07. The molecule has 18 heavy (non-hydrogen) atoms. The van der Waals surface area contributed by atoms with Crippen molar-refractivity contribution in [3.05, 3.63) is 47.8 Å². The summed E-state index contributed by atoms with van der Waals surface area (Å²) in [7, 11) is 0. The summed E-state index contributed by atoms with van der Waals surface area (Å²) >= 11 is 1.05. The zero-order chi connectivity index (χ0) is 13.0. The van der Waals surface area contributed by atoms with E-state index < -0.39 is 11.6 Å². The number of benzene rings is 1. The molecule has 0 aliphatic rings. The molecule has 0 bridgehead atoms. The second-order valence-electron chi connectivity index (χ2n) is 3.59. The number of rotatable bonds is 4. The van der Waals surface area contributed by atoms with Crippen LogP contribution >= 0.6 is 11.8 Å². The van der Waals surface area contributed by atoms with Gasteiger partial charge in [-0.3, -0.25) is 0 Å². The molecule has 0 amide bonds. The fraction of sp³-hybridized carbons (Fsp3) is 0.167. The predicted octanol–water partition coefficient (Wildman–Crippen LogP) is 2.41. The first-order chi connectivity index (χ1) is 8.69. The van der Waals surface area contributed by atoms with Crippen LogP contribution in [0.5, 0.6) is 0 Å². The van der Waals surface area contributed by atoms with Crippen LogP contribution in [0.2, 0.25) is 0 Å². The summed E-state index contributed by atoms with van der Waals surface area (Å²) in [4.78, 5) is 8.48. The summed E-state index contributed by atoms with van der Waals surface area (Å²) in [6.45, 7) is 0.530. The first kappa shape index (κ1) is 12.9. The minimum absolute atomic E-state index is 0.294. The summed E-state index contributed by atoms with van der Waals surface area (Å²) in [5.41, 5.74) is 6.34. The lowest BCUT2D eigenvalue weighted by Crippen LogP contribution is -2.03. The van der Waals surface area contributed by atoms with Crippen LogP contribution < -0.4 is 5.73 Å². The lowest BCUT2D eigenvalue weighted by Gasteiger charge is -2.03. The van der Waals surface area contributed by atoms with Crippen molar-refractivity contribution >= 4 is 11.8 Å². The average Bonchev–Trinajstić information content (AvgIpc) is 2.35. The van der Waals surface area contributed by atoms with Crippen LogP contribution in [0.4, 0.5) is 8.78 Å². The lowest BCUT2D eigenvalue weighted by atomic mass is 10.2. The van der Waals surface area contributed by atoms with Crippen molar-refractivity contribution in [2.45, 2.75) is 16.5 Å². The fourth-order valence-corrected chi connectivity index (χ4v) is 2.05. The van der Waals surface area contributed by atoms with Crippen LogP contribution in [-0.2, 0) is 6.42 Å². The van der Waals surface area contributed by atoms with E-state index in [0.717, 1.165) is 23.4 Å². The summed E-state index contributed by atoms with van der Waals surface area (Å²) in [6.07, 6.45) is 4.02. The zero-order valence-electron chi connectivity index (χ0n) is 9.44. The maximum absolute atomic E-state index is 13.4. The second kappa shape index (κ2) is 5.88. The molecule has 2 rings (SSSR count). The highest BCUT2D eigenvalue weighted by molar-refractivity contribution is 7.99. The molecule has 0 aliphatic heterocycles. The Morgan fingerprint density at radius 3 is 2.50 bits per heavy atom. The van der Waals surface area contributed by atoms with E-state index in [0.29, 0.717) is 23.0 Å².